The molecule has 164 valence electrons. The van der Waals surface area contributed by atoms with Crippen LogP contribution in [0.15, 0.2) is 54.6 Å². The van der Waals surface area contributed by atoms with Crippen molar-refractivity contribution in [2.45, 2.75) is 51.3 Å². The molecule has 1 fully saturated rings. The molecule has 3 rings (SSSR count). The van der Waals surface area contributed by atoms with E-state index in [4.69, 9.17) is 16.3 Å². The predicted octanol–water partition coefficient (Wildman–Crippen LogP) is 3.68. The Bertz CT molecular complexity index is 917. The molecule has 0 spiro atoms. The maximum absolute atomic E-state index is 13.6. The smallest absolute Gasteiger partial charge is 0.303 e. The second-order valence-corrected chi connectivity index (χ2v) is 8.27. The van der Waals surface area contributed by atoms with Crippen LogP contribution in [0.2, 0.25) is 5.02 Å². The van der Waals surface area contributed by atoms with Gasteiger partial charge >= 0.3 is 5.97 Å². The van der Waals surface area contributed by atoms with Gasteiger partial charge in [-0.1, -0.05) is 54.1 Å². The first-order valence-electron chi connectivity index (χ1n) is 10.4. The summed E-state index contributed by atoms with van der Waals surface area (Å²) in [7, 11) is 0. The molecule has 3 unspecified atom stereocenters. The number of benzene rings is 2. The molecule has 1 N–H and O–H groups in total. The molecule has 2 amide bonds. The summed E-state index contributed by atoms with van der Waals surface area (Å²) in [5, 5.41) is 3.62. The monoisotopic (exact) mass is 442 g/mol. The van der Waals surface area contributed by atoms with Gasteiger partial charge in [0.25, 0.3) is 5.91 Å². The number of nitrogens with zero attached hydrogens (tertiary/aromatic N) is 1. The third kappa shape index (κ3) is 6.31. The molecule has 0 radical (unpaired) electrons. The first kappa shape index (κ1) is 22.8. The molecular formula is C24H27ClN2O4. The summed E-state index contributed by atoms with van der Waals surface area (Å²) in [5.74, 6) is -0.844. The lowest BCUT2D eigenvalue weighted by atomic mass is 9.91. The molecule has 0 saturated carbocycles. The number of rotatable bonds is 6. The van der Waals surface area contributed by atoms with Crippen LogP contribution >= 0.6 is 11.6 Å². The maximum atomic E-state index is 13.6. The number of carbonyl (C=O) groups is 3. The van der Waals surface area contributed by atoms with E-state index in [0.29, 0.717) is 36.4 Å². The molecule has 0 aromatic heterocycles. The summed E-state index contributed by atoms with van der Waals surface area (Å²) in [6.45, 7) is 3.27. The largest absolute Gasteiger partial charge is 0.447 e. The summed E-state index contributed by atoms with van der Waals surface area (Å²) >= 11 is 6.01. The van der Waals surface area contributed by atoms with Crippen LogP contribution in [-0.4, -0.2) is 41.3 Å². The van der Waals surface area contributed by atoms with Crippen molar-refractivity contribution in [3.63, 3.8) is 0 Å². The Morgan fingerprint density at radius 2 is 1.77 bits per heavy atom. The molecule has 6 nitrogen and oxygen atoms in total. The number of hydrogen-bond donors (Lipinski definition) is 1. The zero-order valence-electron chi connectivity index (χ0n) is 17.7. The van der Waals surface area contributed by atoms with Gasteiger partial charge in [0.05, 0.1) is 0 Å². The zero-order valence-corrected chi connectivity index (χ0v) is 18.5. The van der Waals surface area contributed by atoms with E-state index in [0.717, 1.165) is 5.56 Å². The van der Waals surface area contributed by atoms with Gasteiger partial charge in [0.1, 0.15) is 0 Å². The molecule has 0 aliphatic carbocycles. The molecular weight excluding hydrogens is 416 g/mol. The van der Waals surface area contributed by atoms with Crippen molar-refractivity contribution in [3.05, 3.63) is 70.7 Å². The highest BCUT2D eigenvalue weighted by Gasteiger charge is 2.37. The van der Waals surface area contributed by atoms with E-state index in [2.05, 4.69) is 5.32 Å². The van der Waals surface area contributed by atoms with Gasteiger partial charge in [0.15, 0.2) is 0 Å². The molecule has 2 aromatic carbocycles. The van der Waals surface area contributed by atoms with Gasteiger partial charge in [-0.05, 0) is 37.0 Å². The Hall–Kier alpha value is -2.86. The Morgan fingerprint density at radius 3 is 2.39 bits per heavy atom. The van der Waals surface area contributed by atoms with Crippen molar-refractivity contribution in [1.82, 2.24) is 10.2 Å². The van der Waals surface area contributed by atoms with E-state index in [1.54, 1.807) is 17.0 Å². The number of amides is 2. The molecule has 0 bridgehead atoms. The van der Waals surface area contributed by atoms with Crippen LogP contribution in [0.3, 0.4) is 0 Å². The minimum Gasteiger partial charge on any atom is -0.447 e. The van der Waals surface area contributed by atoms with Crippen molar-refractivity contribution < 1.29 is 19.1 Å². The first-order valence-corrected chi connectivity index (χ1v) is 10.8. The van der Waals surface area contributed by atoms with Gasteiger partial charge < -0.3 is 15.0 Å². The highest BCUT2D eigenvalue weighted by molar-refractivity contribution is 6.30. The number of hydrogen-bond acceptors (Lipinski definition) is 4. The standard InChI is InChI=1S/C24H27ClN2O4/c1-16(28)26-21-12-13-27(22(15-21)14-18-8-10-20(25)11-9-18)24(30)23(31-17(2)29)19-6-4-3-5-7-19/h3-11,21-23H,12-15H2,1-2H3,(H,26,28). The van der Waals surface area contributed by atoms with E-state index in [1.807, 2.05) is 42.5 Å². The van der Waals surface area contributed by atoms with Crippen LogP contribution in [0.5, 0.6) is 0 Å². The van der Waals surface area contributed by atoms with E-state index < -0.39 is 12.1 Å². The Kier molecular flexibility index (Phi) is 7.69. The van der Waals surface area contributed by atoms with E-state index in [1.165, 1.54) is 13.8 Å². The lowest BCUT2D eigenvalue weighted by Crippen LogP contribution is -2.53. The van der Waals surface area contributed by atoms with Gasteiger partial charge in [-0.2, -0.15) is 0 Å². The van der Waals surface area contributed by atoms with Crippen LogP contribution in [0.1, 0.15) is 43.9 Å². The van der Waals surface area contributed by atoms with Crippen molar-refractivity contribution >= 4 is 29.4 Å². The van der Waals surface area contributed by atoms with E-state index in [-0.39, 0.29) is 23.9 Å². The minimum absolute atomic E-state index is 0.0113. The summed E-state index contributed by atoms with van der Waals surface area (Å²) in [5.41, 5.74) is 1.68. The molecule has 1 heterocycles. The number of likely N-dealkylation sites (tertiary alicyclic amines) is 1. The van der Waals surface area contributed by atoms with Crippen molar-refractivity contribution in [2.75, 3.05) is 6.54 Å². The lowest BCUT2D eigenvalue weighted by Gasteiger charge is -2.41. The highest BCUT2D eigenvalue weighted by atomic mass is 35.5. The summed E-state index contributed by atoms with van der Waals surface area (Å²) < 4.78 is 5.44. The van der Waals surface area contributed by atoms with Gasteiger partial charge in [-0.3, -0.25) is 14.4 Å². The third-order valence-corrected chi connectivity index (χ3v) is 5.65. The molecule has 31 heavy (non-hydrogen) atoms. The van der Waals surface area contributed by atoms with Crippen LogP contribution in [0.25, 0.3) is 0 Å². The predicted molar refractivity (Wildman–Crippen MR) is 118 cm³/mol. The maximum Gasteiger partial charge on any atom is 0.303 e. The summed E-state index contributed by atoms with van der Waals surface area (Å²) in [6, 6.07) is 16.4. The number of halogens is 1. The van der Waals surface area contributed by atoms with Crippen LogP contribution in [0.4, 0.5) is 0 Å². The lowest BCUT2D eigenvalue weighted by molar-refractivity contribution is -0.161. The second-order valence-electron chi connectivity index (χ2n) is 7.84. The number of carbonyl (C=O) groups excluding carboxylic acids is 3. The Labute approximate surface area is 187 Å². The van der Waals surface area contributed by atoms with Crippen molar-refractivity contribution in [3.8, 4) is 0 Å². The average molecular weight is 443 g/mol. The Morgan fingerprint density at radius 1 is 1.10 bits per heavy atom. The number of ether oxygens (including phenoxy) is 1. The van der Waals surface area contributed by atoms with Gasteiger partial charge in [0.2, 0.25) is 12.0 Å². The van der Waals surface area contributed by atoms with Crippen molar-refractivity contribution in [1.29, 1.82) is 0 Å². The minimum atomic E-state index is -0.997. The number of esters is 1. The quantitative estimate of drug-likeness (QED) is 0.692. The third-order valence-electron chi connectivity index (χ3n) is 5.40. The average Bonchev–Trinajstić information content (AvgIpc) is 2.73. The van der Waals surface area contributed by atoms with E-state index in [9.17, 15) is 14.4 Å². The highest BCUT2D eigenvalue weighted by Crippen LogP contribution is 2.28. The summed E-state index contributed by atoms with van der Waals surface area (Å²) in [4.78, 5) is 38.7. The number of nitrogens with one attached hydrogen (secondary N) is 1. The number of piperidine rings is 1. The Balaban J connectivity index is 1.86. The normalized spacial score (nSPS) is 19.4. The SMILES string of the molecule is CC(=O)NC1CCN(C(=O)C(OC(C)=O)c2ccccc2)C(Cc2ccc(Cl)cc2)C1. The van der Waals surface area contributed by atoms with Gasteiger partial charge in [-0.25, -0.2) is 0 Å². The van der Waals surface area contributed by atoms with Crippen LogP contribution in [-0.2, 0) is 25.5 Å². The second kappa shape index (κ2) is 10.4. The molecule has 1 saturated heterocycles. The fourth-order valence-electron chi connectivity index (χ4n) is 4.05. The topological polar surface area (TPSA) is 75.7 Å². The fraction of sp³-hybridized carbons (Fsp3) is 0.375. The molecule has 1 aliphatic rings. The first-order chi connectivity index (χ1) is 14.8. The summed E-state index contributed by atoms with van der Waals surface area (Å²) in [6.07, 6.45) is 0.879. The van der Waals surface area contributed by atoms with Crippen molar-refractivity contribution in [2.24, 2.45) is 0 Å². The molecule has 1 aliphatic heterocycles. The fourth-order valence-corrected chi connectivity index (χ4v) is 4.18. The zero-order chi connectivity index (χ0) is 22.4. The molecule has 3 atom stereocenters. The molecule has 2 aromatic rings. The van der Waals surface area contributed by atoms with Gasteiger partial charge in [0, 0.05) is 43.1 Å². The van der Waals surface area contributed by atoms with Gasteiger partial charge in [-0.15, -0.1) is 0 Å². The molecule has 7 heteroatoms. The van der Waals surface area contributed by atoms with E-state index >= 15 is 0 Å². The van der Waals surface area contributed by atoms with Crippen LogP contribution in [0, 0.1) is 0 Å². The van der Waals surface area contributed by atoms with Crippen LogP contribution < -0.4 is 5.32 Å².